The minimum absolute atomic E-state index is 0. The highest BCUT2D eigenvalue weighted by molar-refractivity contribution is 6.33. The number of H-pyrrole nitrogens is 1. The molecule has 3 aromatic carbocycles. The molecule has 1 aliphatic carbocycles. The standard InChI is InChI=1S/C24H22ClN3.ClH/c1-15-20(8-9-23-24(15)28-14-27-23)21-7-6-16(10-22(21)25)13-26-19-11-17-4-2-3-5-18(17)12-19;/h2-10,14,19,26H,11-13H2,1H3,(H,27,28);1H. The fourth-order valence-corrected chi connectivity index (χ4v) is 4.60. The van der Waals surface area contributed by atoms with E-state index in [1.54, 1.807) is 6.33 Å². The van der Waals surface area contributed by atoms with Gasteiger partial charge in [0.05, 0.1) is 17.4 Å². The first-order chi connectivity index (χ1) is 13.7. The molecule has 0 radical (unpaired) electrons. The first-order valence-corrected chi connectivity index (χ1v) is 10.1. The van der Waals surface area contributed by atoms with Gasteiger partial charge in [-0.3, -0.25) is 0 Å². The smallest absolute Gasteiger partial charge is 0.0931 e. The van der Waals surface area contributed by atoms with Crippen molar-refractivity contribution in [3.05, 3.63) is 88.2 Å². The van der Waals surface area contributed by atoms with Crippen LogP contribution in [0.15, 0.2) is 60.9 Å². The molecule has 1 aromatic heterocycles. The van der Waals surface area contributed by atoms with Crippen LogP contribution >= 0.6 is 24.0 Å². The first kappa shape index (κ1) is 20.0. The van der Waals surface area contributed by atoms with Gasteiger partial charge in [0.15, 0.2) is 0 Å². The molecule has 0 atom stereocenters. The molecule has 1 aliphatic rings. The number of benzene rings is 3. The van der Waals surface area contributed by atoms with E-state index in [4.69, 9.17) is 11.6 Å². The number of halogens is 2. The highest BCUT2D eigenvalue weighted by Gasteiger charge is 2.20. The number of nitrogens with zero attached hydrogens (tertiary/aromatic N) is 1. The van der Waals surface area contributed by atoms with Crippen LogP contribution in [0.3, 0.4) is 0 Å². The minimum atomic E-state index is 0. The Morgan fingerprint density at radius 3 is 2.48 bits per heavy atom. The van der Waals surface area contributed by atoms with Gasteiger partial charge in [-0.15, -0.1) is 12.4 Å². The van der Waals surface area contributed by atoms with Gasteiger partial charge >= 0.3 is 0 Å². The van der Waals surface area contributed by atoms with E-state index in [9.17, 15) is 0 Å². The zero-order valence-electron chi connectivity index (χ0n) is 16.2. The second-order valence-corrected chi connectivity index (χ2v) is 8.01. The molecule has 5 heteroatoms. The molecule has 2 N–H and O–H groups in total. The number of nitrogens with one attached hydrogen (secondary N) is 2. The Morgan fingerprint density at radius 1 is 1.03 bits per heavy atom. The molecule has 148 valence electrons. The molecule has 0 unspecified atom stereocenters. The summed E-state index contributed by atoms with van der Waals surface area (Å²) in [4.78, 5) is 7.59. The third-order valence-electron chi connectivity index (χ3n) is 5.81. The van der Waals surface area contributed by atoms with E-state index < -0.39 is 0 Å². The van der Waals surface area contributed by atoms with E-state index in [-0.39, 0.29) is 12.4 Å². The van der Waals surface area contributed by atoms with Crippen LogP contribution in [-0.4, -0.2) is 16.0 Å². The first-order valence-electron chi connectivity index (χ1n) is 9.70. The lowest BCUT2D eigenvalue weighted by Gasteiger charge is -2.14. The van der Waals surface area contributed by atoms with Crippen molar-refractivity contribution in [3.63, 3.8) is 0 Å². The van der Waals surface area contributed by atoms with Gasteiger partial charge in [0.2, 0.25) is 0 Å². The molecule has 0 fully saturated rings. The molecule has 4 aromatic rings. The summed E-state index contributed by atoms with van der Waals surface area (Å²) in [6.07, 6.45) is 3.94. The molecule has 0 saturated carbocycles. The molecule has 0 spiro atoms. The molecule has 29 heavy (non-hydrogen) atoms. The molecular weight excluding hydrogens is 401 g/mol. The van der Waals surface area contributed by atoms with Crippen molar-refractivity contribution in [2.45, 2.75) is 32.4 Å². The Balaban J connectivity index is 0.00000205. The normalized spacial score (nSPS) is 13.4. The van der Waals surface area contributed by atoms with Gasteiger partial charge in [0.25, 0.3) is 0 Å². The second kappa shape index (κ2) is 8.19. The summed E-state index contributed by atoms with van der Waals surface area (Å²) in [6, 6.07) is 19.8. The van der Waals surface area contributed by atoms with Crippen molar-refractivity contribution < 1.29 is 0 Å². The summed E-state index contributed by atoms with van der Waals surface area (Å²) < 4.78 is 0. The quantitative estimate of drug-likeness (QED) is 0.430. The number of fused-ring (bicyclic) bond motifs is 2. The number of aryl methyl sites for hydroxylation is 1. The second-order valence-electron chi connectivity index (χ2n) is 7.61. The Labute approximate surface area is 181 Å². The van der Waals surface area contributed by atoms with Gasteiger partial charge in [-0.2, -0.15) is 0 Å². The van der Waals surface area contributed by atoms with Crippen LogP contribution in [-0.2, 0) is 19.4 Å². The predicted molar refractivity (Wildman–Crippen MR) is 123 cm³/mol. The van der Waals surface area contributed by atoms with Gasteiger partial charge in [-0.25, -0.2) is 4.98 Å². The van der Waals surface area contributed by atoms with Gasteiger partial charge in [0.1, 0.15) is 0 Å². The van der Waals surface area contributed by atoms with E-state index in [0.717, 1.165) is 52.1 Å². The highest BCUT2D eigenvalue weighted by atomic mass is 35.5. The Morgan fingerprint density at radius 2 is 1.76 bits per heavy atom. The van der Waals surface area contributed by atoms with Crippen molar-refractivity contribution >= 4 is 35.0 Å². The highest BCUT2D eigenvalue weighted by Crippen LogP contribution is 2.33. The largest absolute Gasteiger partial charge is 0.345 e. The topological polar surface area (TPSA) is 40.7 Å². The maximum absolute atomic E-state index is 6.67. The third-order valence-corrected chi connectivity index (χ3v) is 6.13. The van der Waals surface area contributed by atoms with Crippen LogP contribution in [0.2, 0.25) is 5.02 Å². The molecule has 0 aliphatic heterocycles. The lowest BCUT2D eigenvalue weighted by atomic mass is 9.98. The van der Waals surface area contributed by atoms with Gasteiger partial charge < -0.3 is 10.3 Å². The summed E-state index contributed by atoms with van der Waals surface area (Å²) in [5.74, 6) is 0. The molecule has 0 amide bonds. The van der Waals surface area contributed by atoms with Crippen molar-refractivity contribution in [2.24, 2.45) is 0 Å². The van der Waals surface area contributed by atoms with Crippen molar-refractivity contribution in [1.82, 2.24) is 15.3 Å². The van der Waals surface area contributed by atoms with Crippen LogP contribution in [0.4, 0.5) is 0 Å². The summed E-state index contributed by atoms with van der Waals surface area (Å²) in [6.45, 7) is 2.93. The zero-order chi connectivity index (χ0) is 19.1. The van der Waals surface area contributed by atoms with E-state index >= 15 is 0 Å². The predicted octanol–water partition coefficient (Wildman–Crippen LogP) is 5.87. The Hall–Kier alpha value is -2.33. The van der Waals surface area contributed by atoms with Gasteiger partial charge in [-0.05, 0) is 59.7 Å². The lowest BCUT2D eigenvalue weighted by Crippen LogP contribution is -2.28. The van der Waals surface area contributed by atoms with Gasteiger partial charge in [0, 0.05) is 23.2 Å². The summed E-state index contributed by atoms with van der Waals surface area (Å²) in [7, 11) is 0. The number of aromatic amines is 1. The Bertz CT molecular complexity index is 1140. The zero-order valence-corrected chi connectivity index (χ0v) is 17.8. The SMILES string of the molecule is Cc1c(-c2ccc(CNC3Cc4ccccc4C3)cc2Cl)ccc2[nH]cnc12.Cl. The average molecular weight is 424 g/mol. The average Bonchev–Trinajstić information content (AvgIpc) is 3.34. The third kappa shape index (κ3) is 3.78. The molecule has 0 bridgehead atoms. The number of imidazole rings is 1. The number of aromatic nitrogens is 2. The summed E-state index contributed by atoms with van der Waals surface area (Å²) in [5, 5.41) is 4.47. The molecule has 1 heterocycles. The number of rotatable bonds is 4. The van der Waals surface area contributed by atoms with E-state index in [2.05, 4.69) is 76.8 Å². The van der Waals surface area contributed by atoms with Crippen LogP contribution in [0.25, 0.3) is 22.2 Å². The van der Waals surface area contributed by atoms with Crippen molar-refractivity contribution in [3.8, 4) is 11.1 Å². The minimum Gasteiger partial charge on any atom is -0.345 e. The van der Waals surface area contributed by atoms with E-state index in [0.29, 0.717) is 6.04 Å². The molecule has 5 rings (SSSR count). The van der Waals surface area contributed by atoms with Crippen LogP contribution in [0.5, 0.6) is 0 Å². The molecular formula is C24H23Cl2N3. The lowest BCUT2D eigenvalue weighted by molar-refractivity contribution is 0.533. The number of hydrogen-bond donors (Lipinski definition) is 2. The Kier molecular flexibility index (Phi) is 5.64. The maximum atomic E-state index is 6.67. The number of hydrogen-bond acceptors (Lipinski definition) is 2. The monoisotopic (exact) mass is 423 g/mol. The fraction of sp³-hybridized carbons (Fsp3) is 0.208. The molecule has 0 saturated heterocycles. The van der Waals surface area contributed by atoms with Crippen molar-refractivity contribution in [1.29, 1.82) is 0 Å². The van der Waals surface area contributed by atoms with Crippen LogP contribution in [0.1, 0.15) is 22.3 Å². The van der Waals surface area contributed by atoms with Gasteiger partial charge in [-0.1, -0.05) is 54.1 Å². The fourth-order valence-electron chi connectivity index (χ4n) is 4.29. The summed E-state index contributed by atoms with van der Waals surface area (Å²) >= 11 is 6.67. The van der Waals surface area contributed by atoms with E-state index in [1.807, 2.05) is 0 Å². The maximum Gasteiger partial charge on any atom is 0.0931 e. The van der Waals surface area contributed by atoms with Crippen molar-refractivity contribution in [2.75, 3.05) is 0 Å². The van der Waals surface area contributed by atoms with E-state index in [1.165, 1.54) is 16.7 Å². The summed E-state index contributed by atoms with van der Waals surface area (Å²) in [5.41, 5.74) is 9.54. The molecule has 3 nitrogen and oxygen atoms in total. The van der Waals surface area contributed by atoms with Crippen LogP contribution < -0.4 is 5.32 Å². The van der Waals surface area contributed by atoms with Crippen LogP contribution in [0, 0.1) is 6.92 Å².